The molecule has 0 saturated heterocycles. The van der Waals surface area contributed by atoms with Crippen LogP contribution in [0.25, 0.3) is 0 Å². The fourth-order valence-electron chi connectivity index (χ4n) is 1.64. The van der Waals surface area contributed by atoms with Crippen LogP contribution in [0.15, 0.2) is 30.3 Å². The van der Waals surface area contributed by atoms with Gasteiger partial charge in [0.25, 0.3) is 0 Å². The number of unbranched alkanes of at least 4 members (excludes halogenated alkanes) is 1. The van der Waals surface area contributed by atoms with Crippen LogP contribution in [0.1, 0.15) is 44.7 Å². The van der Waals surface area contributed by atoms with Gasteiger partial charge in [0.05, 0.1) is 10.9 Å². The molecule has 2 unspecified atom stereocenters. The Kier molecular flexibility index (Phi) is 6.27. The lowest BCUT2D eigenvalue weighted by Crippen LogP contribution is -2.33. The van der Waals surface area contributed by atoms with Crippen LogP contribution in [0.4, 0.5) is 0 Å². The van der Waals surface area contributed by atoms with Gasteiger partial charge in [-0.05, 0) is 18.9 Å². The third-order valence-corrected chi connectivity index (χ3v) is 3.63. The second-order valence-electron chi connectivity index (χ2n) is 4.25. The highest BCUT2D eigenvalue weighted by molar-refractivity contribution is 9.10. The molecule has 0 aliphatic carbocycles. The average Bonchev–Trinajstić information content (AvgIpc) is 2.36. The summed E-state index contributed by atoms with van der Waals surface area (Å²) in [7, 11) is 0. The Morgan fingerprint density at radius 2 is 2.00 bits per heavy atom. The molecule has 0 aliphatic heterocycles. The standard InChI is InChI=1S/C14H20BrNO/c1-3-4-10-13(15)14(17)16-11(2)12-8-6-5-7-9-12/h5-9,11,13H,3-4,10H2,1-2H3,(H,16,17). The molecule has 17 heavy (non-hydrogen) atoms. The topological polar surface area (TPSA) is 29.1 Å². The highest BCUT2D eigenvalue weighted by Gasteiger charge is 2.16. The molecule has 1 N–H and O–H groups in total. The van der Waals surface area contributed by atoms with E-state index in [1.165, 1.54) is 0 Å². The van der Waals surface area contributed by atoms with E-state index in [2.05, 4.69) is 28.2 Å². The molecule has 2 atom stereocenters. The van der Waals surface area contributed by atoms with Gasteiger partial charge in [-0.25, -0.2) is 0 Å². The van der Waals surface area contributed by atoms with Gasteiger partial charge in [-0.1, -0.05) is 66.0 Å². The minimum absolute atomic E-state index is 0.0605. The number of carbonyl (C=O) groups excluding carboxylic acids is 1. The Balaban J connectivity index is 2.46. The van der Waals surface area contributed by atoms with Gasteiger partial charge in [-0.15, -0.1) is 0 Å². The van der Waals surface area contributed by atoms with Crippen molar-refractivity contribution in [1.29, 1.82) is 0 Å². The number of benzene rings is 1. The summed E-state index contributed by atoms with van der Waals surface area (Å²) >= 11 is 3.43. The number of hydrogen-bond donors (Lipinski definition) is 1. The van der Waals surface area contributed by atoms with E-state index in [9.17, 15) is 4.79 Å². The molecule has 0 heterocycles. The SMILES string of the molecule is CCCCC(Br)C(=O)NC(C)c1ccccc1. The molecule has 1 amide bonds. The lowest BCUT2D eigenvalue weighted by atomic mass is 10.1. The molecular formula is C14H20BrNO. The first kappa shape index (κ1) is 14.2. The molecule has 0 fully saturated rings. The van der Waals surface area contributed by atoms with Gasteiger partial charge < -0.3 is 5.32 Å². The summed E-state index contributed by atoms with van der Waals surface area (Å²) in [5.74, 6) is 0.0785. The molecule has 1 aromatic rings. The van der Waals surface area contributed by atoms with Crippen molar-refractivity contribution in [2.75, 3.05) is 0 Å². The van der Waals surface area contributed by atoms with Gasteiger partial charge in [0, 0.05) is 0 Å². The summed E-state index contributed by atoms with van der Waals surface area (Å²) in [5, 5.41) is 3.02. The second kappa shape index (κ2) is 7.49. The van der Waals surface area contributed by atoms with Crippen LogP contribution < -0.4 is 5.32 Å². The zero-order chi connectivity index (χ0) is 12.7. The normalized spacial score (nSPS) is 14.1. The van der Waals surface area contributed by atoms with Gasteiger partial charge in [0.15, 0.2) is 0 Å². The zero-order valence-corrected chi connectivity index (χ0v) is 12.0. The predicted octanol–water partition coefficient (Wildman–Crippen LogP) is 3.82. The van der Waals surface area contributed by atoms with E-state index in [0.717, 1.165) is 24.8 Å². The molecule has 0 radical (unpaired) electrons. The Labute approximate surface area is 112 Å². The lowest BCUT2D eigenvalue weighted by molar-refractivity contribution is -0.121. The van der Waals surface area contributed by atoms with Crippen LogP contribution in [-0.4, -0.2) is 10.7 Å². The smallest absolute Gasteiger partial charge is 0.234 e. The monoisotopic (exact) mass is 297 g/mol. The van der Waals surface area contributed by atoms with E-state index in [-0.39, 0.29) is 16.8 Å². The Hall–Kier alpha value is -0.830. The first-order valence-electron chi connectivity index (χ1n) is 6.14. The number of halogens is 1. The maximum Gasteiger partial charge on any atom is 0.234 e. The van der Waals surface area contributed by atoms with Crippen LogP contribution in [0.2, 0.25) is 0 Å². The summed E-state index contributed by atoms with van der Waals surface area (Å²) < 4.78 is 0. The van der Waals surface area contributed by atoms with Crippen molar-refractivity contribution in [3.63, 3.8) is 0 Å². The third-order valence-electron chi connectivity index (χ3n) is 2.75. The van der Waals surface area contributed by atoms with E-state index >= 15 is 0 Å². The molecule has 1 rings (SSSR count). The van der Waals surface area contributed by atoms with E-state index in [0.29, 0.717) is 0 Å². The third kappa shape index (κ3) is 4.90. The highest BCUT2D eigenvalue weighted by atomic mass is 79.9. The van der Waals surface area contributed by atoms with E-state index in [1.54, 1.807) is 0 Å². The maximum absolute atomic E-state index is 11.9. The van der Waals surface area contributed by atoms with Crippen LogP contribution in [0.5, 0.6) is 0 Å². The quantitative estimate of drug-likeness (QED) is 0.795. The lowest BCUT2D eigenvalue weighted by Gasteiger charge is -2.16. The Morgan fingerprint density at radius 1 is 1.35 bits per heavy atom. The van der Waals surface area contributed by atoms with Crippen LogP contribution >= 0.6 is 15.9 Å². The Morgan fingerprint density at radius 3 is 2.59 bits per heavy atom. The van der Waals surface area contributed by atoms with Crippen molar-refractivity contribution >= 4 is 21.8 Å². The van der Waals surface area contributed by atoms with Crippen molar-refractivity contribution in [2.24, 2.45) is 0 Å². The largest absolute Gasteiger partial charge is 0.349 e. The van der Waals surface area contributed by atoms with Crippen LogP contribution in [-0.2, 0) is 4.79 Å². The summed E-state index contributed by atoms with van der Waals surface area (Å²) in [4.78, 5) is 11.8. The van der Waals surface area contributed by atoms with E-state index in [1.807, 2.05) is 37.3 Å². The molecule has 0 bridgehead atoms. The fourth-order valence-corrected chi connectivity index (χ4v) is 2.10. The molecule has 94 valence electrons. The van der Waals surface area contributed by atoms with Crippen molar-refractivity contribution in [2.45, 2.75) is 44.0 Å². The van der Waals surface area contributed by atoms with Gasteiger partial charge in [0.1, 0.15) is 0 Å². The first-order chi connectivity index (χ1) is 8.15. The Bertz CT molecular complexity index is 339. The summed E-state index contributed by atoms with van der Waals surface area (Å²) in [6.45, 7) is 4.14. The van der Waals surface area contributed by atoms with E-state index in [4.69, 9.17) is 0 Å². The number of hydrogen-bond acceptors (Lipinski definition) is 1. The first-order valence-corrected chi connectivity index (χ1v) is 7.06. The predicted molar refractivity (Wildman–Crippen MR) is 75.2 cm³/mol. The maximum atomic E-state index is 11.9. The van der Waals surface area contributed by atoms with Gasteiger partial charge in [0.2, 0.25) is 5.91 Å². The molecule has 0 spiro atoms. The van der Waals surface area contributed by atoms with Crippen molar-refractivity contribution in [3.05, 3.63) is 35.9 Å². The molecule has 2 nitrogen and oxygen atoms in total. The average molecular weight is 298 g/mol. The fraction of sp³-hybridized carbons (Fsp3) is 0.500. The molecule has 0 aromatic heterocycles. The zero-order valence-electron chi connectivity index (χ0n) is 10.4. The minimum atomic E-state index is -0.0754. The van der Waals surface area contributed by atoms with Gasteiger partial charge >= 0.3 is 0 Å². The molecular weight excluding hydrogens is 278 g/mol. The molecule has 1 aromatic carbocycles. The number of carbonyl (C=O) groups is 1. The molecule has 0 saturated carbocycles. The van der Waals surface area contributed by atoms with Gasteiger partial charge in [-0.3, -0.25) is 4.79 Å². The minimum Gasteiger partial charge on any atom is -0.349 e. The summed E-state index contributed by atoms with van der Waals surface area (Å²) in [6, 6.07) is 10.1. The number of alkyl halides is 1. The van der Waals surface area contributed by atoms with Crippen molar-refractivity contribution < 1.29 is 4.79 Å². The number of amides is 1. The number of rotatable bonds is 6. The summed E-state index contributed by atoms with van der Waals surface area (Å²) in [5.41, 5.74) is 1.14. The number of nitrogens with one attached hydrogen (secondary N) is 1. The van der Waals surface area contributed by atoms with Crippen LogP contribution in [0, 0.1) is 0 Å². The highest BCUT2D eigenvalue weighted by Crippen LogP contribution is 2.15. The molecule has 3 heteroatoms. The summed E-state index contributed by atoms with van der Waals surface area (Å²) in [6.07, 6.45) is 3.08. The molecule has 0 aliphatic rings. The van der Waals surface area contributed by atoms with Crippen molar-refractivity contribution in [3.8, 4) is 0 Å². The second-order valence-corrected chi connectivity index (χ2v) is 5.36. The van der Waals surface area contributed by atoms with Crippen molar-refractivity contribution in [1.82, 2.24) is 5.32 Å². The van der Waals surface area contributed by atoms with Crippen LogP contribution in [0.3, 0.4) is 0 Å². The van der Waals surface area contributed by atoms with Gasteiger partial charge in [-0.2, -0.15) is 0 Å². The van der Waals surface area contributed by atoms with E-state index < -0.39 is 0 Å².